The lowest BCUT2D eigenvalue weighted by Crippen LogP contribution is -2.26. The van der Waals surface area contributed by atoms with Crippen LogP contribution in [-0.4, -0.2) is 51.2 Å². The number of hydrogen-bond acceptors (Lipinski definition) is 8. The van der Waals surface area contributed by atoms with Gasteiger partial charge in [-0.05, 0) is 35.5 Å². The lowest BCUT2D eigenvalue weighted by molar-refractivity contribution is -0.140. The maximum absolute atomic E-state index is 13.8. The summed E-state index contributed by atoms with van der Waals surface area (Å²) in [5, 5.41) is 11.9. The molecule has 12 heteroatoms. The van der Waals surface area contributed by atoms with Crippen molar-refractivity contribution < 1.29 is 23.5 Å². The summed E-state index contributed by atoms with van der Waals surface area (Å²) >= 11 is 5.66. The summed E-state index contributed by atoms with van der Waals surface area (Å²) in [7, 11) is 1.26. The smallest absolute Gasteiger partial charge is 0.307 e. The van der Waals surface area contributed by atoms with Gasteiger partial charge in [0.2, 0.25) is 6.41 Å². The van der Waals surface area contributed by atoms with Gasteiger partial charge < -0.3 is 9.47 Å². The topological polar surface area (TPSA) is 112 Å². The number of ether oxygens (including phenoxy) is 2. The molecule has 0 unspecified atom stereocenters. The molecule has 0 saturated carbocycles. The summed E-state index contributed by atoms with van der Waals surface area (Å²) in [6, 6.07) is 7.42. The molecule has 0 fully saturated rings. The minimum Gasteiger partial charge on any atom is -0.469 e. The van der Waals surface area contributed by atoms with E-state index in [0.717, 1.165) is 11.0 Å². The van der Waals surface area contributed by atoms with E-state index in [1.165, 1.54) is 18.1 Å². The second-order valence-corrected chi connectivity index (χ2v) is 5.98. The molecule has 0 aliphatic heterocycles. The number of rotatable bonds is 8. The van der Waals surface area contributed by atoms with E-state index >= 15 is 0 Å². The molecule has 0 saturated heterocycles. The summed E-state index contributed by atoms with van der Waals surface area (Å²) in [4.78, 5) is 28.5. The van der Waals surface area contributed by atoms with Crippen LogP contribution in [0.4, 0.5) is 10.3 Å². The number of benzene rings is 1. The molecule has 0 radical (unpaired) electrons. The number of halogens is 2. The Morgan fingerprint density at radius 2 is 2.10 bits per heavy atom. The van der Waals surface area contributed by atoms with Crippen molar-refractivity contribution in [2.24, 2.45) is 0 Å². The third-order valence-electron chi connectivity index (χ3n) is 3.63. The average Bonchev–Trinajstić information content (AvgIpc) is 3.21. The molecule has 2 aromatic heterocycles. The van der Waals surface area contributed by atoms with Crippen LogP contribution in [0.5, 0.6) is 11.6 Å². The fraction of sp³-hybridized carbons (Fsp3) is 0.176. The second kappa shape index (κ2) is 9.06. The quantitative estimate of drug-likeness (QED) is 0.402. The normalized spacial score (nSPS) is 10.4. The first-order valence-electron chi connectivity index (χ1n) is 8.18. The van der Waals surface area contributed by atoms with E-state index < -0.39 is 11.8 Å². The molecule has 150 valence electrons. The highest BCUT2D eigenvalue weighted by Gasteiger charge is 2.15. The second-order valence-electron chi connectivity index (χ2n) is 5.54. The Balaban J connectivity index is 1.70. The summed E-state index contributed by atoms with van der Waals surface area (Å²) in [6.45, 7) is 0.0499. The van der Waals surface area contributed by atoms with Crippen molar-refractivity contribution in [1.82, 2.24) is 25.2 Å². The Morgan fingerprint density at radius 3 is 2.76 bits per heavy atom. The molecule has 2 heterocycles. The van der Waals surface area contributed by atoms with Crippen LogP contribution in [0, 0.1) is 5.82 Å². The van der Waals surface area contributed by atoms with Crippen LogP contribution < -0.4 is 9.64 Å². The number of pyridine rings is 1. The van der Waals surface area contributed by atoms with Gasteiger partial charge in [0.1, 0.15) is 5.75 Å². The highest BCUT2D eigenvalue weighted by Crippen LogP contribution is 2.24. The van der Waals surface area contributed by atoms with E-state index in [-0.39, 0.29) is 29.8 Å². The van der Waals surface area contributed by atoms with Crippen LogP contribution in [0.1, 0.15) is 6.42 Å². The van der Waals surface area contributed by atoms with Crippen molar-refractivity contribution in [2.75, 3.05) is 18.6 Å². The molecule has 10 nitrogen and oxygen atoms in total. The first-order valence-corrected chi connectivity index (χ1v) is 8.56. The number of carbonyl (C=O) groups is 2. The predicted molar refractivity (Wildman–Crippen MR) is 98.5 cm³/mol. The van der Waals surface area contributed by atoms with Gasteiger partial charge in [-0.2, -0.15) is 0 Å². The van der Waals surface area contributed by atoms with Crippen LogP contribution in [0.15, 0.2) is 36.5 Å². The number of nitrogens with zero attached hydrogens (tertiary/aromatic N) is 6. The molecule has 0 aliphatic carbocycles. The zero-order valence-corrected chi connectivity index (χ0v) is 15.8. The summed E-state index contributed by atoms with van der Waals surface area (Å²) in [6.07, 6.45) is 1.76. The lowest BCUT2D eigenvalue weighted by atomic mass is 10.3. The predicted octanol–water partition coefficient (Wildman–Crippen LogP) is 2.17. The van der Waals surface area contributed by atoms with Crippen LogP contribution in [0.3, 0.4) is 0 Å². The highest BCUT2D eigenvalue weighted by molar-refractivity contribution is 6.30. The standard InChI is InChI=1S/C17H14ClFN6O4/c1-28-15(27)6-7-24(10-26)17-21-23-25(22-17)12-2-4-13(5-3-12)29-16-14(19)8-11(18)9-20-16/h2-5,8-10H,6-7H2,1H3. The van der Waals surface area contributed by atoms with Gasteiger partial charge in [0.25, 0.3) is 11.8 Å². The highest BCUT2D eigenvalue weighted by atomic mass is 35.5. The van der Waals surface area contributed by atoms with E-state index in [4.69, 9.17) is 16.3 Å². The van der Waals surface area contributed by atoms with Crippen molar-refractivity contribution in [3.63, 3.8) is 0 Å². The molecule has 0 N–H and O–H groups in total. The molecule has 3 rings (SSSR count). The van der Waals surface area contributed by atoms with Gasteiger partial charge in [-0.1, -0.05) is 16.7 Å². The average molecular weight is 421 g/mol. The first kappa shape index (κ1) is 20.1. The van der Waals surface area contributed by atoms with E-state index in [1.54, 1.807) is 24.3 Å². The summed E-state index contributed by atoms with van der Waals surface area (Å²) in [5.41, 5.74) is 0.513. The Labute approximate surface area is 168 Å². The van der Waals surface area contributed by atoms with E-state index in [2.05, 4.69) is 25.1 Å². The molecule has 0 atom stereocenters. The minimum atomic E-state index is -0.690. The number of carbonyl (C=O) groups excluding carboxylic acids is 2. The lowest BCUT2D eigenvalue weighted by Gasteiger charge is -2.10. The van der Waals surface area contributed by atoms with E-state index in [1.807, 2.05) is 0 Å². The van der Waals surface area contributed by atoms with Gasteiger partial charge in [-0.25, -0.2) is 9.37 Å². The minimum absolute atomic E-state index is 0.00882. The number of hydrogen-bond donors (Lipinski definition) is 0. The molecule has 1 amide bonds. The third kappa shape index (κ3) is 5.02. The first-order chi connectivity index (χ1) is 14.0. The van der Waals surface area contributed by atoms with Gasteiger partial charge in [-0.15, -0.1) is 9.90 Å². The van der Waals surface area contributed by atoms with Gasteiger partial charge in [-0.3, -0.25) is 14.5 Å². The van der Waals surface area contributed by atoms with E-state index in [9.17, 15) is 14.0 Å². The molecule has 1 aromatic carbocycles. The Kier molecular flexibility index (Phi) is 6.29. The van der Waals surface area contributed by atoms with Gasteiger partial charge in [0, 0.05) is 12.7 Å². The molecule has 29 heavy (non-hydrogen) atoms. The Hall–Kier alpha value is -3.60. The van der Waals surface area contributed by atoms with Gasteiger partial charge in [0.05, 0.1) is 24.2 Å². The number of esters is 1. The number of anilines is 1. The zero-order chi connectivity index (χ0) is 20.8. The maximum Gasteiger partial charge on any atom is 0.307 e. The molecule has 3 aromatic rings. The van der Waals surface area contributed by atoms with E-state index in [0.29, 0.717) is 17.8 Å². The van der Waals surface area contributed by atoms with Crippen molar-refractivity contribution in [1.29, 1.82) is 0 Å². The van der Waals surface area contributed by atoms with Gasteiger partial charge >= 0.3 is 5.97 Å². The largest absolute Gasteiger partial charge is 0.469 e. The number of amides is 1. The Morgan fingerprint density at radius 1 is 1.34 bits per heavy atom. The summed E-state index contributed by atoms with van der Waals surface area (Å²) in [5.74, 6) is -1.01. The zero-order valence-electron chi connectivity index (χ0n) is 15.0. The summed E-state index contributed by atoms with van der Waals surface area (Å²) < 4.78 is 23.7. The van der Waals surface area contributed by atoms with Crippen LogP contribution in [0.2, 0.25) is 5.02 Å². The number of tetrazole rings is 1. The fourth-order valence-corrected chi connectivity index (χ4v) is 2.33. The molecular formula is C17H14ClFN6O4. The third-order valence-corrected chi connectivity index (χ3v) is 3.83. The van der Waals surface area contributed by atoms with Crippen molar-refractivity contribution in [3.05, 3.63) is 47.4 Å². The molecular weight excluding hydrogens is 407 g/mol. The van der Waals surface area contributed by atoms with Crippen LogP contribution in [-0.2, 0) is 14.3 Å². The van der Waals surface area contributed by atoms with Crippen molar-refractivity contribution >= 4 is 29.9 Å². The van der Waals surface area contributed by atoms with Gasteiger partial charge in [0.15, 0.2) is 5.82 Å². The Bertz CT molecular complexity index is 1010. The maximum atomic E-state index is 13.8. The van der Waals surface area contributed by atoms with Crippen LogP contribution >= 0.6 is 11.6 Å². The SMILES string of the molecule is COC(=O)CCN(C=O)c1nnn(-c2ccc(Oc3ncc(Cl)cc3F)cc2)n1. The molecule has 0 aliphatic rings. The van der Waals surface area contributed by atoms with Crippen molar-refractivity contribution in [2.45, 2.75) is 6.42 Å². The number of methoxy groups -OCH3 is 1. The fourth-order valence-electron chi connectivity index (χ4n) is 2.18. The van der Waals surface area contributed by atoms with Crippen molar-refractivity contribution in [3.8, 4) is 17.3 Å². The molecule has 0 bridgehead atoms. The number of aromatic nitrogens is 5. The molecule has 0 spiro atoms. The van der Waals surface area contributed by atoms with Crippen LogP contribution in [0.25, 0.3) is 5.69 Å². The monoisotopic (exact) mass is 420 g/mol.